The summed E-state index contributed by atoms with van der Waals surface area (Å²) < 4.78 is 2.30. The number of benzene rings is 1. The fourth-order valence-corrected chi connectivity index (χ4v) is 1.96. The third kappa shape index (κ3) is 2.12. The average molecular weight is 199 g/mol. The lowest BCUT2D eigenvalue weighted by molar-refractivity contribution is 0.813. The number of aromatic nitrogens is 1. The Kier molecular flexibility index (Phi) is 2.91. The Labute approximate surface area is 91.0 Å². The van der Waals surface area contributed by atoms with Crippen LogP contribution in [0.25, 0.3) is 10.9 Å². The Bertz CT molecular complexity index is 477. The zero-order chi connectivity index (χ0) is 10.7. The van der Waals surface area contributed by atoms with E-state index in [-0.39, 0.29) is 0 Å². The van der Waals surface area contributed by atoms with Gasteiger partial charge in [0.2, 0.25) is 0 Å². The summed E-state index contributed by atoms with van der Waals surface area (Å²) in [6.07, 6.45) is 5.57. The number of allylic oxidation sites excluding steroid dienone is 2. The van der Waals surface area contributed by atoms with Crippen LogP contribution in [0, 0.1) is 0 Å². The first-order chi connectivity index (χ1) is 7.31. The van der Waals surface area contributed by atoms with Gasteiger partial charge in [-0.05, 0) is 30.9 Å². The normalized spacial score (nSPS) is 12.3. The van der Waals surface area contributed by atoms with E-state index in [9.17, 15) is 0 Å². The van der Waals surface area contributed by atoms with Crippen molar-refractivity contribution in [2.45, 2.75) is 26.8 Å². The lowest BCUT2D eigenvalue weighted by atomic mass is 10.2. The van der Waals surface area contributed by atoms with E-state index >= 15 is 0 Å². The van der Waals surface area contributed by atoms with Gasteiger partial charge in [-0.3, -0.25) is 0 Å². The molecule has 0 bridgehead atoms. The molecule has 2 aromatic rings. The van der Waals surface area contributed by atoms with Crippen molar-refractivity contribution in [1.29, 1.82) is 0 Å². The van der Waals surface area contributed by atoms with Crippen LogP contribution in [0.15, 0.2) is 48.2 Å². The number of hydrogen-bond donors (Lipinski definition) is 0. The first-order valence-electron chi connectivity index (χ1n) is 5.50. The van der Waals surface area contributed by atoms with Gasteiger partial charge >= 0.3 is 0 Å². The van der Waals surface area contributed by atoms with Gasteiger partial charge in [-0.2, -0.15) is 0 Å². The molecule has 0 atom stereocenters. The Morgan fingerprint density at radius 2 is 2.07 bits per heavy atom. The maximum Gasteiger partial charge on any atom is 0.0483 e. The predicted molar refractivity (Wildman–Crippen MR) is 66.0 cm³/mol. The second-order valence-electron chi connectivity index (χ2n) is 3.96. The van der Waals surface area contributed by atoms with Gasteiger partial charge in [0.25, 0.3) is 0 Å². The van der Waals surface area contributed by atoms with Crippen LogP contribution in [0.3, 0.4) is 0 Å². The molecule has 1 aromatic heterocycles. The molecule has 0 radical (unpaired) electrons. The van der Waals surface area contributed by atoms with Crippen LogP contribution in [0.5, 0.6) is 0 Å². The van der Waals surface area contributed by atoms with Crippen LogP contribution >= 0.6 is 0 Å². The predicted octanol–water partition coefficient (Wildman–Crippen LogP) is 4.00. The summed E-state index contributed by atoms with van der Waals surface area (Å²) in [6.45, 7) is 5.37. The molecule has 1 heterocycles. The summed E-state index contributed by atoms with van der Waals surface area (Å²) in [4.78, 5) is 0. The molecule has 0 aliphatic heterocycles. The molecular formula is C14H17N. The van der Waals surface area contributed by atoms with Crippen molar-refractivity contribution in [3.05, 3.63) is 48.2 Å². The summed E-state index contributed by atoms with van der Waals surface area (Å²) in [5, 5.41) is 1.32. The highest BCUT2D eigenvalue weighted by molar-refractivity contribution is 5.79. The van der Waals surface area contributed by atoms with Crippen molar-refractivity contribution in [3.63, 3.8) is 0 Å². The molecule has 0 spiro atoms. The topological polar surface area (TPSA) is 4.93 Å². The van der Waals surface area contributed by atoms with Crippen LogP contribution in [0.1, 0.15) is 20.3 Å². The molecule has 1 heteroatoms. The van der Waals surface area contributed by atoms with Gasteiger partial charge in [-0.15, -0.1) is 0 Å². The average Bonchev–Trinajstić information content (AvgIpc) is 2.62. The zero-order valence-electron chi connectivity index (χ0n) is 9.40. The van der Waals surface area contributed by atoms with Gasteiger partial charge in [0.1, 0.15) is 0 Å². The molecule has 0 saturated carbocycles. The lowest BCUT2D eigenvalue weighted by Gasteiger charge is -2.05. The maximum atomic E-state index is 2.30. The maximum absolute atomic E-state index is 2.30. The summed E-state index contributed by atoms with van der Waals surface area (Å²) in [5.41, 5.74) is 2.75. The minimum absolute atomic E-state index is 1.00. The lowest BCUT2D eigenvalue weighted by Crippen LogP contribution is -1.96. The summed E-state index contributed by atoms with van der Waals surface area (Å²) in [7, 11) is 0. The standard InChI is InChI=1S/C14H17N/c1-3-6-12(2)11-15-10-9-13-7-4-5-8-14(13)15/h4-10H,3,11H2,1-2H3/b12-6+. The third-order valence-corrected chi connectivity index (χ3v) is 2.65. The molecule has 0 fully saturated rings. The molecule has 0 aliphatic rings. The van der Waals surface area contributed by atoms with E-state index in [0.717, 1.165) is 13.0 Å². The highest BCUT2D eigenvalue weighted by Gasteiger charge is 1.99. The fraction of sp³-hybridized carbons (Fsp3) is 0.286. The molecule has 2 rings (SSSR count). The minimum Gasteiger partial charge on any atom is -0.343 e. The second-order valence-corrected chi connectivity index (χ2v) is 3.96. The van der Waals surface area contributed by atoms with E-state index in [1.165, 1.54) is 16.5 Å². The third-order valence-electron chi connectivity index (χ3n) is 2.65. The van der Waals surface area contributed by atoms with Crippen molar-refractivity contribution in [3.8, 4) is 0 Å². The highest BCUT2D eigenvalue weighted by atomic mass is 14.9. The van der Waals surface area contributed by atoms with Crippen molar-refractivity contribution in [2.75, 3.05) is 0 Å². The zero-order valence-corrected chi connectivity index (χ0v) is 9.40. The first kappa shape index (κ1) is 10.0. The van der Waals surface area contributed by atoms with Crippen LogP contribution in [-0.2, 0) is 6.54 Å². The number of hydrogen-bond acceptors (Lipinski definition) is 0. The largest absolute Gasteiger partial charge is 0.343 e. The van der Waals surface area contributed by atoms with E-state index in [4.69, 9.17) is 0 Å². The van der Waals surface area contributed by atoms with E-state index in [0.29, 0.717) is 0 Å². The van der Waals surface area contributed by atoms with Crippen molar-refractivity contribution in [1.82, 2.24) is 4.57 Å². The number of para-hydroxylation sites is 1. The van der Waals surface area contributed by atoms with E-state index < -0.39 is 0 Å². The second kappa shape index (κ2) is 4.35. The molecule has 1 aromatic carbocycles. The number of fused-ring (bicyclic) bond motifs is 1. The van der Waals surface area contributed by atoms with E-state index in [1.54, 1.807) is 0 Å². The molecule has 0 amide bonds. The Balaban J connectivity index is 2.32. The molecule has 0 aliphatic carbocycles. The molecule has 0 unspecified atom stereocenters. The van der Waals surface area contributed by atoms with Crippen molar-refractivity contribution >= 4 is 10.9 Å². The molecular weight excluding hydrogens is 182 g/mol. The van der Waals surface area contributed by atoms with Crippen LogP contribution in [0.2, 0.25) is 0 Å². The van der Waals surface area contributed by atoms with E-state index in [1.807, 2.05) is 0 Å². The quantitative estimate of drug-likeness (QED) is 0.658. The molecule has 0 N–H and O–H groups in total. The number of nitrogens with zero attached hydrogens (tertiary/aromatic N) is 1. The number of rotatable bonds is 3. The fourth-order valence-electron chi connectivity index (χ4n) is 1.96. The van der Waals surface area contributed by atoms with Gasteiger partial charge < -0.3 is 4.57 Å². The van der Waals surface area contributed by atoms with Gasteiger partial charge in [0, 0.05) is 18.3 Å². The highest BCUT2D eigenvalue weighted by Crippen LogP contribution is 2.16. The first-order valence-corrected chi connectivity index (χ1v) is 5.50. The summed E-state index contributed by atoms with van der Waals surface area (Å²) in [5.74, 6) is 0. The SMILES string of the molecule is CC/C=C(\C)Cn1ccc2ccccc21. The molecule has 15 heavy (non-hydrogen) atoms. The minimum atomic E-state index is 1.00. The van der Waals surface area contributed by atoms with Gasteiger partial charge in [-0.25, -0.2) is 0 Å². The van der Waals surface area contributed by atoms with Crippen molar-refractivity contribution in [2.24, 2.45) is 0 Å². The van der Waals surface area contributed by atoms with Crippen molar-refractivity contribution < 1.29 is 0 Å². The van der Waals surface area contributed by atoms with Crippen LogP contribution < -0.4 is 0 Å². The molecule has 1 nitrogen and oxygen atoms in total. The van der Waals surface area contributed by atoms with Gasteiger partial charge in [0.05, 0.1) is 0 Å². The van der Waals surface area contributed by atoms with Gasteiger partial charge in [0.15, 0.2) is 0 Å². The Morgan fingerprint density at radius 1 is 1.27 bits per heavy atom. The Hall–Kier alpha value is -1.50. The molecule has 78 valence electrons. The van der Waals surface area contributed by atoms with Crippen LogP contribution in [-0.4, -0.2) is 4.57 Å². The molecule has 0 saturated heterocycles. The van der Waals surface area contributed by atoms with Crippen LogP contribution in [0.4, 0.5) is 0 Å². The summed E-state index contributed by atoms with van der Waals surface area (Å²) in [6, 6.07) is 10.7. The van der Waals surface area contributed by atoms with Gasteiger partial charge in [-0.1, -0.05) is 36.8 Å². The Morgan fingerprint density at radius 3 is 2.87 bits per heavy atom. The van der Waals surface area contributed by atoms with E-state index in [2.05, 4.69) is 61.0 Å². The smallest absolute Gasteiger partial charge is 0.0483 e. The monoisotopic (exact) mass is 199 g/mol. The summed E-state index contributed by atoms with van der Waals surface area (Å²) >= 11 is 0.